The van der Waals surface area contributed by atoms with Crippen LogP contribution in [0.1, 0.15) is 42.6 Å². The van der Waals surface area contributed by atoms with E-state index >= 15 is 0 Å². The van der Waals surface area contributed by atoms with Crippen molar-refractivity contribution in [1.29, 1.82) is 0 Å². The lowest BCUT2D eigenvalue weighted by atomic mass is 10.1. The lowest BCUT2D eigenvalue weighted by molar-refractivity contribution is 0.0934. The topological polar surface area (TPSA) is 89.3 Å². The number of sulfonamides is 1. The molecule has 0 atom stereocenters. The molecule has 0 aliphatic heterocycles. The first-order chi connectivity index (χ1) is 9.20. The fourth-order valence-electron chi connectivity index (χ4n) is 1.84. The second kappa shape index (κ2) is 6.32. The van der Waals surface area contributed by atoms with E-state index in [0.717, 1.165) is 18.9 Å². The number of nitrogens with two attached hydrogens (primary N) is 1. The first-order valence-electron chi connectivity index (χ1n) is 6.34. The second-order valence-corrected chi connectivity index (χ2v) is 6.17. The van der Waals surface area contributed by atoms with E-state index in [-0.39, 0.29) is 17.2 Å². The van der Waals surface area contributed by atoms with Gasteiger partial charge in [0, 0.05) is 11.6 Å². The van der Waals surface area contributed by atoms with E-state index in [1.807, 2.05) is 13.8 Å². The largest absolute Gasteiger partial charge is 0.349 e. The number of hydrogen-bond acceptors (Lipinski definition) is 3. The van der Waals surface area contributed by atoms with E-state index < -0.39 is 26.6 Å². The summed E-state index contributed by atoms with van der Waals surface area (Å²) in [5.41, 5.74) is 0.144. The summed E-state index contributed by atoms with van der Waals surface area (Å²) in [7, 11) is -4.21. The molecule has 0 radical (unpaired) electrons. The van der Waals surface area contributed by atoms with Crippen LogP contribution in [-0.4, -0.2) is 20.4 Å². The summed E-state index contributed by atoms with van der Waals surface area (Å²) in [6.45, 7) is 5.25. The van der Waals surface area contributed by atoms with Crippen LogP contribution in [0.15, 0.2) is 17.0 Å². The van der Waals surface area contributed by atoms with Crippen LogP contribution in [0.4, 0.5) is 4.39 Å². The van der Waals surface area contributed by atoms with Gasteiger partial charge in [0.05, 0.1) is 0 Å². The van der Waals surface area contributed by atoms with Gasteiger partial charge in [0.1, 0.15) is 10.7 Å². The van der Waals surface area contributed by atoms with Gasteiger partial charge in [-0.3, -0.25) is 4.79 Å². The Balaban J connectivity index is 3.21. The molecule has 0 saturated heterocycles. The quantitative estimate of drug-likeness (QED) is 0.867. The van der Waals surface area contributed by atoms with Crippen LogP contribution in [-0.2, 0) is 10.0 Å². The van der Waals surface area contributed by atoms with Gasteiger partial charge >= 0.3 is 0 Å². The van der Waals surface area contributed by atoms with Crippen molar-refractivity contribution >= 4 is 15.9 Å². The Bertz CT molecular complexity index is 610. The summed E-state index contributed by atoms with van der Waals surface area (Å²) in [5, 5.41) is 7.71. The van der Waals surface area contributed by atoms with Crippen molar-refractivity contribution in [2.45, 2.75) is 44.6 Å². The number of primary sulfonamides is 1. The Labute approximate surface area is 118 Å². The third kappa shape index (κ3) is 3.77. The Morgan fingerprint density at radius 2 is 1.90 bits per heavy atom. The molecule has 7 heteroatoms. The number of amides is 1. The molecule has 0 fully saturated rings. The van der Waals surface area contributed by atoms with Crippen LogP contribution in [0.25, 0.3) is 0 Å². The van der Waals surface area contributed by atoms with Gasteiger partial charge < -0.3 is 5.32 Å². The highest BCUT2D eigenvalue weighted by molar-refractivity contribution is 7.89. The van der Waals surface area contributed by atoms with Crippen LogP contribution in [0.2, 0.25) is 0 Å². The van der Waals surface area contributed by atoms with Gasteiger partial charge in [0.2, 0.25) is 10.0 Å². The number of rotatable bonds is 5. The zero-order valence-corrected chi connectivity index (χ0v) is 12.6. The van der Waals surface area contributed by atoms with Crippen molar-refractivity contribution in [1.82, 2.24) is 5.32 Å². The van der Waals surface area contributed by atoms with E-state index in [4.69, 9.17) is 5.14 Å². The molecule has 0 spiro atoms. The SMILES string of the molecule is CCC(CC)NC(=O)c1cc(C)c(F)c(S(N)(=O)=O)c1. The van der Waals surface area contributed by atoms with E-state index in [0.29, 0.717) is 0 Å². The van der Waals surface area contributed by atoms with E-state index in [9.17, 15) is 17.6 Å². The van der Waals surface area contributed by atoms with Crippen LogP contribution >= 0.6 is 0 Å². The first kappa shape index (κ1) is 16.6. The Kier molecular flexibility index (Phi) is 5.24. The monoisotopic (exact) mass is 302 g/mol. The number of benzene rings is 1. The molecule has 0 bridgehead atoms. The second-order valence-electron chi connectivity index (χ2n) is 4.64. The Morgan fingerprint density at radius 3 is 2.35 bits per heavy atom. The number of carbonyl (C=O) groups is 1. The number of halogens is 1. The molecule has 1 amide bonds. The Morgan fingerprint density at radius 1 is 1.35 bits per heavy atom. The summed E-state index contributed by atoms with van der Waals surface area (Å²) < 4.78 is 36.4. The molecule has 0 aliphatic carbocycles. The standard InChI is InChI=1S/C13H19FN2O3S/c1-4-10(5-2)16-13(17)9-6-8(3)12(14)11(7-9)20(15,18)19/h6-7,10H,4-5H2,1-3H3,(H,16,17)(H2,15,18,19). The summed E-state index contributed by atoms with van der Waals surface area (Å²) in [6.07, 6.45) is 1.51. The molecule has 0 saturated carbocycles. The van der Waals surface area contributed by atoms with Crippen molar-refractivity contribution in [3.63, 3.8) is 0 Å². The fourth-order valence-corrected chi connectivity index (χ4v) is 2.54. The summed E-state index contributed by atoms with van der Waals surface area (Å²) >= 11 is 0. The molecule has 112 valence electrons. The van der Waals surface area contributed by atoms with Crippen LogP contribution in [0.3, 0.4) is 0 Å². The molecule has 5 nitrogen and oxygen atoms in total. The third-order valence-electron chi connectivity index (χ3n) is 3.11. The van der Waals surface area contributed by atoms with Gasteiger partial charge in [-0.1, -0.05) is 13.8 Å². The van der Waals surface area contributed by atoms with Gasteiger partial charge in [-0.05, 0) is 37.5 Å². The number of carbonyl (C=O) groups excluding carboxylic acids is 1. The highest BCUT2D eigenvalue weighted by Crippen LogP contribution is 2.19. The molecule has 0 heterocycles. The van der Waals surface area contributed by atoms with Crippen LogP contribution in [0, 0.1) is 12.7 Å². The molecule has 0 unspecified atom stereocenters. The van der Waals surface area contributed by atoms with Gasteiger partial charge in [0.25, 0.3) is 5.91 Å². The van der Waals surface area contributed by atoms with Gasteiger partial charge in [-0.2, -0.15) is 0 Å². The molecule has 1 rings (SSSR count). The third-order valence-corrected chi connectivity index (χ3v) is 4.02. The van der Waals surface area contributed by atoms with Crippen molar-refractivity contribution in [3.05, 3.63) is 29.1 Å². The van der Waals surface area contributed by atoms with Gasteiger partial charge in [0.15, 0.2) is 0 Å². The molecule has 0 aromatic heterocycles. The summed E-state index contributed by atoms with van der Waals surface area (Å²) in [5.74, 6) is -1.36. The first-order valence-corrected chi connectivity index (χ1v) is 7.89. The summed E-state index contributed by atoms with van der Waals surface area (Å²) in [6, 6.07) is 2.27. The smallest absolute Gasteiger partial charge is 0.251 e. The predicted molar refractivity (Wildman–Crippen MR) is 74.3 cm³/mol. The number of aryl methyl sites for hydroxylation is 1. The maximum Gasteiger partial charge on any atom is 0.251 e. The lowest BCUT2D eigenvalue weighted by Crippen LogP contribution is -2.34. The van der Waals surface area contributed by atoms with Crippen molar-refractivity contribution in [2.75, 3.05) is 0 Å². The van der Waals surface area contributed by atoms with E-state index in [1.165, 1.54) is 13.0 Å². The van der Waals surface area contributed by atoms with Crippen molar-refractivity contribution in [3.8, 4) is 0 Å². The highest BCUT2D eigenvalue weighted by atomic mass is 32.2. The molecular weight excluding hydrogens is 283 g/mol. The Hall–Kier alpha value is -1.47. The van der Waals surface area contributed by atoms with Crippen LogP contribution < -0.4 is 10.5 Å². The van der Waals surface area contributed by atoms with Crippen molar-refractivity contribution < 1.29 is 17.6 Å². The lowest BCUT2D eigenvalue weighted by Gasteiger charge is -2.15. The molecule has 3 N–H and O–H groups in total. The van der Waals surface area contributed by atoms with Crippen molar-refractivity contribution in [2.24, 2.45) is 5.14 Å². The maximum absolute atomic E-state index is 13.7. The number of nitrogens with one attached hydrogen (secondary N) is 1. The van der Waals surface area contributed by atoms with E-state index in [2.05, 4.69) is 5.32 Å². The summed E-state index contributed by atoms with van der Waals surface area (Å²) in [4.78, 5) is 11.4. The molecule has 1 aromatic rings. The van der Waals surface area contributed by atoms with Gasteiger partial charge in [-0.25, -0.2) is 17.9 Å². The number of hydrogen-bond donors (Lipinski definition) is 2. The maximum atomic E-state index is 13.7. The zero-order chi connectivity index (χ0) is 15.5. The fraction of sp³-hybridized carbons (Fsp3) is 0.462. The minimum atomic E-state index is -4.21. The van der Waals surface area contributed by atoms with Gasteiger partial charge in [-0.15, -0.1) is 0 Å². The highest BCUT2D eigenvalue weighted by Gasteiger charge is 2.20. The molecule has 20 heavy (non-hydrogen) atoms. The zero-order valence-electron chi connectivity index (χ0n) is 11.7. The average Bonchev–Trinajstić information content (AvgIpc) is 2.37. The minimum Gasteiger partial charge on any atom is -0.349 e. The average molecular weight is 302 g/mol. The normalized spacial score (nSPS) is 11.7. The molecule has 0 aliphatic rings. The molecular formula is C13H19FN2O3S. The van der Waals surface area contributed by atoms with Crippen LogP contribution in [0.5, 0.6) is 0 Å². The molecule has 1 aromatic carbocycles. The minimum absolute atomic E-state index is 0.00853. The van der Waals surface area contributed by atoms with E-state index in [1.54, 1.807) is 0 Å². The predicted octanol–water partition coefficient (Wildman–Crippen LogP) is 1.70.